The molecule has 1 fully saturated rings. The summed E-state index contributed by atoms with van der Waals surface area (Å²) in [7, 11) is 1.76. The summed E-state index contributed by atoms with van der Waals surface area (Å²) in [5.41, 5.74) is 0.738. The van der Waals surface area contributed by atoms with E-state index >= 15 is 0 Å². The Kier molecular flexibility index (Phi) is 5.44. The fraction of sp³-hybridized carbons (Fsp3) is 0.562. The number of rotatable bonds is 5. The van der Waals surface area contributed by atoms with Crippen molar-refractivity contribution in [2.45, 2.75) is 32.3 Å². The molecular weight excluding hydrogens is 268 g/mol. The van der Waals surface area contributed by atoms with Crippen molar-refractivity contribution in [2.24, 2.45) is 5.92 Å². The number of amides is 2. The van der Waals surface area contributed by atoms with Gasteiger partial charge in [0.2, 0.25) is 0 Å². The van der Waals surface area contributed by atoms with Crippen LogP contribution in [-0.2, 0) is 0 Å². The average Bonchev–Trinajstić information content (AvgIpc) is 2.86. The lowest BCUT2D eigenvalue weighted by atomic mass is 10.1. The lowest BCUT2D eigenvalue weighted by Gasteiger charge is -2.23. The van der Waals surface area contributed by atoms with E-state index in [9.17, 15) is 9.90 Å². The number of carbonyl (C=O) groups excluding carboxylic acids is 1. The SMILES string of the molecule is CCOc1ccc(NC(=O)N(C)CC2CCCC2O)cc1. The van der Waals surface area contributed by atoms with Crippen molar-refractivity contribution in [1.82, 2.24) is 4.90 Å². The largest absolute Gasteiger partial charge is 0.494 e. The molecule has 1 aliphatic carbocycles. The van der Waals surface area contributed by atoms with Crippen LogP contribution in [0.5, 0.6) is 5.75 Å². The lowest BCUT2D eigenvalue weighted by Crippen LogP contribution is -2.37. The van der Waals surface area contributed by atoms with Gasteiger partial charge in [0.1, 0.15) is 5.75 Å². The summed E-state index contributed by atoms with van der Waals surface area (Å²) >= 11 is 0. The zero-order valence-corrected chi connectivity index (χ0v) is 12.7. The summed E-state index contributed by atoms with van der Waals surface area (Å²) in [6.07, 6.45) is 2.60. The van der Waals surface area contributed by atoms with Crippen LogP contribution in [0.2, 0.25) is 0 Å². The molecule has 0 saturated heterocycles. The number of urea groups is 1. The lowest BCUT2D eigenvalue weighted by molar-refractivity contribution is 0.116. The molecule has 2 atom stereocenters. The van der Waals surface area contributed by atoms with Crippen molar-refractivity contribution in [3.8, 4) is 5.75 Å². The second kappa shape index (κ2) is 7.31. The summed E-state index contributed by atoms with van der Waals surface area (Å²) < 4.78 is 5.36. The average molecular weight is 292 g/mol. The van der Waals surface area contributed by atoms with Crippen molar-refractivity contribution in [3.05, 3.63) is 24.3 Å². The van der Waals surface area contributed by atoms with Crippen LogP contribution in [0.3, 0.4) is 0 Å². The highest BCUT2D eigenvalue weighted by Crippen LogP contribution is 2.26. The number of anilines is 1. The minimum Gasteiger partial charge on any atom is -0.494 e. The molecule has 5 nitrogen and oxygen atoms in total. The maximum absolute atomic E-state index is 12.1. The molecule has 1 aromatic carbocycles. The number of aliphatic hydroxyl groups excluding tert-OH is 1. The highest BCUT2D eigenvalue weighted by molar-refractivity contribution is 5.89. The van der Waals surface area contributed by atoms with E-state index in [4.69, 9.17) is 4.74 Å². The number of nitrogens with zero attached hydrogens (tertiary/aromatic N) is 1. The maximum atomic E-state index is 12.1. The van der Waals surface area contributed by atoms with Gasteiger partial charge in [0.05, 0.1) is 12.7 Å². The summed E-state index contributed by atoms with van der Waals surface area (Å²) in [6.45, 7) is 3.14. The molecule has 0 radical (unpaired) electrons. The fourth-order valence-corrected chi connectivity index (χ4v) is 2.68. The van der Waals surface area contributed by atoms with Gasteiger partial charge in [0.25, 0.3) is 0 Å². The smallest absolute Gasteiger partial charge is 0.321 e. The molecule has 1 aromatic rings. The Morgan fingerprint density at radius 2 is 2.10 bits per heavy atom. The van der Waals surface area contributed by atoms with E-state index in [2.05, 4.69) is 5.32 Å². The second-order valence-electron chi connectivity index (χ2n) is 5.53. The van der Waals surface area contributed by atoms with Crippen LogP contribution < -0.4 is 10.1 Å². The Bertz CT molecular complexity index is 461. The van der Waals surface area contributed by atoms with E-state index in [1.54, 1.807) is 11.9 Å². The van der Waals surface area contributed by atoms with Crippen LogP contribution in [0.25, 0.3) is 0 Å². The zero-order chi connectivity index (χ0) is 15.2. The first kappa shape index (κ1) is 15.6. The molecule has 0 aliphatic heterocycles. The number of aliphatic hydroxyl groups is 1. The zero-order valence-electron chi connectivity index (χ0n) is 12.7. The second-order valence-corrected chi connectivity index (χ2v) is 5.53. The Hall–Kier alpha value is -1.75. The first-order chi connectivity index (χ1) is 10.1. The third kappa shape index (κ3) is 4.36. The van der Waals surface area contributed by atoms with E-state index in [0.29, 0.717) is 13.2 Å². The Morgan fingerprint density at radius 1 is 1.38 bits per heavy atom. The molecule has 2 unspecified atom stereocenters. The fourth-order valence-electron chi connectivity index (χ4n) is 2.68. The predicted octanol–water partition coefficient (Wildman–Crippen LogP) is 2.71. The van der Waals surface area contributed by atoms with E-state index < -0.39 is 0 Å². The third-order valence-electron chi connectivity index (χ3n) is 3.89. The van der Waals surface area contributed by atoms with Crippen LogP contribution >= 0.6 is 0 Å². The molecule has 2 amide bonds. The molecule has 2 rings (SSSR count). The molecule has 5 heteroatoms. The first-order valence-corrected chi connectivity index (χ1v) is 7.53. The standard InChI is InChI=1S/C16H24N2O3/c1-3-21-14-9-7-13(8-10-14)17-16(20)18(2)11-12-5-4-6-15(12)19/h7-10,12,15,19H,3-6,11H2,1-2H3,(H,17,20). The molecular formula is C16H24N2O3. The summed E-state index contributed by atoms with van der Waals surface area (Å²) in [5.74, 6) is 0.985. The molecule has 21 heavy (non-hydrogen) atoms. The van der Waals surface area contributed by atoms with Crippen molar-refractivity contribution < 1.29 is 14.6 Å². The summed E-state index contributed by atoms with van der Waals surface area (Å²) in [5, 5.41) is 12.7. The highest BCUT2D eigenvalue weighted by atomic mass is 16.5. The van der Waals surface area contributed by atoms with Gasteiger partial charge in [-0.05, 0) is 44.0 Å². The highest BCUT2D eigenvalue weighted by Gasteiger charge is 2.27. The van der Waals surface area contributed by atoms with Crippen LogP contribution in [0, 0.1) is 5.92 Å². The quantitative estimate of drug-likeness (QED) is 0.877. The van der Waals surface area contributed by atoms with Crippen LogP contribution in [0.1, 0.15) is 26.2 Å². The topological polar surface area (TPSA) is 61.8 Å². The van der Waals surface area contributed by atoms with Crippen molar-refractivity contribution >= 4 is 11.7 Å². The van der Waals surface area contributed by atoms with E-state index in [1.165, 1.54) is 0 Å². The molecule has 0 aromatic heterocycles. The van der Waals surface area contributed by atoms with E-state index in [1.807, 2.05) is 31.2 Å². The van der Waals surface area contributed by atoms with Gasteiger partial charge < -0.3 is 20.1 Å². The van der Waals surface area contributed by atoms with Crippen LogP contribution in [-0.4, -0.2) is 42.3 Å². The maximum Gasteiger partial charge on any atom is 0.321 e. The number of nitrogens with one attached hydrogen (secondary N) is 1. The molecule has 2 N–H and O–H groups in total. The van der Waals surface area contributed by atoms with Gasteiger partial charge in [-0.1, -0.05) is 6.42 Å². The van der Waals surface area contributed by atoms with Crippen LogP contribution in [0.15, 0.2) is 24.3 Å². The Morgan fingerprint density at radius 3 is 2.67 bits per heavy atom. The molecule has 116 valence electrons. The first-order valence-electron chi connectivity index (χ1n) is 7.53. The predicted molar refractivity (Wildman–Crippen MR) is 82.6 cm³/mol. The molecule has 0 heterocycles. The molecule has 0 bridgehead atoms. The number of ether oxygens (including phenoxy) is 1. The summed E-state index contributed by atoms with van der Waals surface area (Å²) in [4.78, 5) is 13.8. The van der Waals surface area contributed by atoms with Crippen molar-refractivity contribution in [1.29, 1.82) is 0 Å². The van der Waals surface area contributed by atoms with Crippen molar-refractivity contribution in [2.75, 3.05) is 25.5 Å². The van der Waals surface area contributed by atoms with E-state index in [0.717, 1.165) is 30.7 Å². The number of carbonyl (C=O) groups is 1. The van der Waals surface area contributed by atoms with Crippen molar-refractivity contribution in [3.63, 3.8) is 0 Å². The molecule has 1 aliphatic rings. The van der Waals surface area contributed by atoms with Gasteiger partial charge in [-0.3, -0.25) is 0 Å². The molecule has 0 spiro atoms. The number of hydrogen-bond acceptors (Lipinski definition) is 3. The monoisotopic (exact) mass is 292 g/mol. The Labute approximate surface area is 125 Å². The van der Waals surface area contributed by atoms with Gasteiger partial charge >= 0.3 is 6.03 Å². The molecule has 1 saturated carbocycles. The van der Waals surface area contributed by atoms with E-state index in [-0.39, 0.29) is 18.1 Å². The normalized spacial score (nSPS) is 21.1. The minimum absolute atomic E-state index is 0.154. The number of hydrogen-bond donors (Lipinski definition) is 2. The van der Waals surface area contributed by atoms with Gasteiger partial charge in [-0.2, -0.15) is 0 Å². The number of benzene rings is 1. The van der Waals surface area contributed by atoms with Crippen LogP contribution in [0.4, 0.5) is 10.5 Å². The summed E-state index contributed by atoms with van der Waals surface area (Å²) in [6, 6.07) is 7.15. The van der Waals surface area contributed by atoms with Gasteiger partial charge in [-0.25, -0.2) is 4.79 Å². The van der Waals surface area contributed by atoms with Gasteiger partial charge in [0, 0.05) is 25.2 Å². The van der Waals surface area contributed by atoms with Gasteiger partial charge in [-0.15, -0.1) is 0 Å². The Balaban J connectivity index is 1.85. The van der Waals surface area contributed by atoms with Gasteiger partial charge in [0.15, 0.2) is 0 Å². The third-order valence-corrected chi connectivity index (χ3v) is 3.89. The minimum atomic E-state index is -0.272.